The molecule has 0 aromatic rings. The molecule has 0 aromatic heterocycles. The summed E-state index contributed by atoms with van der Waals surface area (Å²) in [6, 6.07) is 0. The first-order valence-electron chi connectivity index (χ1n) is 5.93. The fraction of sp³-hybridized carbons (Fsp3) is 1.00. The summed E-state index contributed by atoms with van der Waals surface area (Å²) in [5, 5.41) is 3.41. The highest BCUT2D eigenvalue weighted by Gasteiger charge is 2.25. The molecule has 15 heavy (non-hydrogen) atoms. The largest absolute Gasteiger partial charge is 0.311 e. The van der Waals surface area contributed by atoms with Crippen LogP contribution in [0.4, 0.5) is 0 Å². The van der Waals surface area contributed by atoms with Gasteiger partial charge in [-0.25, -0.2) is 8.42 Å². The van der Waals surface area contributed by atoms with Crippen LogP contribution in [0.3, 0.4) is 0 Å². The predicted octanol–water partition coefficient (Wildman–Crippen LogP) is 1.73. The van der Waals surface area contributed by atoms with Crippen molar-refractivity contribution in [2.75, 3.05) is 18.1 Å². The van der Waals surface area contributed by atoms with Crippen LogP contribution < -0.4 is 5.32 Å². The number of rotatable bonds is 5. The van der Waals surface area contributed by atoms with Crippen molar-refractivity contribution in [3.63, 3.8) is 0 Å². The molecule has 0 unspecified atom stereocenters. The first-order valence-corrected chi connectivity index (χ1v) is 7.75. The Hall–Kier alpha value is -0.0900. The lowest BCUT2D eigenvalue weighted by Gasteiger charge is -2.34. The maximum absolute atomic E-state index is 11.3. The zero-order valence-corrected chi connectivity index (χ0v) is 10.7. The summed E-state index contributed by atoms with van der Waals surface area (Å²) in [7, 11) is -2.81. The zero-order valence-electron chi connectivity index (χ0n) is 9.88. The first-order chi connectivity index (χ1) is 6.97. The molecule has 0 spiro atoms. The first kappa shape index (κ1) is 13.0. The molecule has 0 aromatic carbocycles. The van der Waals surface area contributed by atoms with Crippen molar-refractivity contribution in [2.45, 2.75) is 51.5 Å². The van der Waals surface area contributed by atoms with E-state index < -0.39 is 9.84 Å². The van der Waals surface area contributed by atoms with Crippen molar-refractivity contribution < 1.29 is 8.42 Å². The Morgan fingerprint density at radius 2 is 1.80 bits per heavy atom. The van der Waals surface area contributed by atoms with E-state index in [4.69, 9.17) is 0 Å². The van der Waals surface area contributed by atoms with Gasteiger partial charge in [0.25, 0.3) is 0 Å². The quantitative estimate of drug-likeness (QED) is 0.786. The molecule has 1 N–H and O–H groups in total. The molecule has 0 saturated heterocycles. The van der Waals surface area contributed by atoms with E-state index in [0.29, 0.717) is 6.54 Å². The second-order valence-corrected chi connectivity index (χ2v) is 7.26. The van der Waals surface area contributed by atoms with Crippen LogP contribution in [0.25, 0.3) is 0 Å². The van der Waals surface area contributed by atoms with Gasteiger partial charge in [-0.3, -0.25) is 0 Å². The van der Waals surface area contributed by atoms with Crippen LogP contribution >= 0.6 is 0 Å². The van der Waals surface area contributed by atoms with E-state index in [9.17, 15) is 8.42 Å². The zero-order chi connectivity index (χ0) is 11.4. The lowest BCUT2D eigenvalue weighted by molar-refractivity contribution is 0.259. The molecule has 0 atom stereocenters. The van der Waals surface area contributed by atoms with Crippen LogP contribution in [-0.2, 0) is 9.84 Å². The third-order valence-electron chi connectivity index (χ3n) is 3.36. The molecule has 1 fully saturated rings. The minimum atomic E-state index is -2.81. The Balaban J connectivity index is 2.30. The highest BCUT2D eigenvalue weighted by Crippen LogP contribution is 2.27. The van der Waals surface area contributed by atoms with E-state index in [0.717, 1.165) is 0 Å². The number of nitrogens with one attached hydrogen (secondary N) is 1. The van der Waals surface area contributed by atoms with E-state index in [1.807, 2.05) is 0 Å². The summed E-state index contributed by atoms with van der Waals surface area (Å²) in [4.78, 5) is 0. The summed E-state index contributed by atoms with van der Waals surface area (Å²) in [6.45, 7) is 4.52. The Kier molecular flexibility index (Phi) is 4.59. The summed E-state index contributed by atoms with van der Waals surface area (Å²) in [5.74, 6) is 0.532. The minimum Gasteiger partial charge on any atom is -0.311 e. The van der Waals surface area contributed by atoms with Crippen LogP contribution in [0.1, 0.15) is 46.0 Å². The van der Waals surface area contributed by atoms with E-state index in [1.54, 1.807) is 6.92 Å². The molecule has 4 heteroatoms. The van der Waals surface area contributed by atoms with Crippen molar-refractivity contribution in [3.05, 3.63) is 0 Å². The van der Waals surface area contributed by atoms with Gasteiger partial charge in [0.05, 0.1) is 5.75 Å². The molecular formula is C11H23NO2S. The van der Waals surface area contributed by atoms with E-state index in [1.165, 1.54) is 32.1 Å². The minimum absolute atomic E-state index is 0.182. The van der Waals surface area contributed by atoms with Gasteiger partial charge in [0.2, 0.25) is 0 Å². The van der Waals surface area contributed by atoms with Crippen LogP contribution in [0.15, 0.2) is 0 Å². The van der Waals surface area contributed by atoms with Crippen LogP contribution in [0.5, 0.6) is 0 Å². The molecule has 1 rings (SSSR count). The normalized spacial score (nSPS) is 21.5. The van der Waals surface area contributed by atoms with Crippen molar-refractivity contribution in [2.24, 2.45) is 0 Å². The molecule has 0 amide bonds. The lowest BCUT2D eigenvalue weighted by Crippen LogP contribution is -2.45. The highest BCUT2D eigenvalue weighted by molar-refractivity contribution is 7.91. The maximum Gasteiger partial charge on any atom is 0.151 e. The van der Waals surface area contributed by atoms with Gasteiger partial charge in [-0.05, 0) is 19.8 Å². The molecule has 0 radical (unpaired) electrons. The summed E-state index contributed by atoms with van der Waals surface area (Å²) < 4.78 is 22.6. The number of sulfone groups is 1. The third kappa shape index (κ3) is 4.51. The Labute approximate surface area is 93.6 Å². The number of hydrogen-bond acceptors (Lipinski definition) is 3. The summed E-state index contributed by atoms with van der Waals surface area (Å²) in [6.07, 6.45) is 6.22. The van der Waals surface area contributed by atoms with E-state index >= 15 is 0 Å². The summed E-state index contributed by atoms with van der Waals surface area (Å²) in [5.41, 5.74) is 0.182. The smallest absolute Gasteiger partial charge is 0.151 e. The predicted molar refractivity (Wildman–Crippen MR) is 63.8 cm³/mol. The van der Waals surface area contributed by atoms with Crippen molar-refractivity contribution >= 4 is 9.84 Å². The average Bonchev–Trinajstić information content (AvgIpc) is 2.18. The van der Waals surface area contributed by atoms with Gasteiger partial charge >= 0.3 is 0 Å². The summed E-state index contributed by atoms with van der Waals surface area (Å²) >= 11 is 0. The van der Waals surface area contributed by atoms with Gasteiger partial charge in [-0.1, -0.05) is 26.2 Å². The van der Waals surface area contributed by atoms with Crippen molar-refractivity contribution in [1.82, 2.24) is 5.32 Å². The fourth-order valence-electron chi connectivity index (χ4n) is 2.16. The maximum atomic E-state index is 11.3. The van der Waals surface area contributed by atoms with Gasteiger partial charge in [0, 0.05) is 17.8 Å². The molecule has 0 heterocycles. The molecule has 1 aliphatic carbocycles. The molecule has 1 saturated carbocycles. The van der Waals surface area contributed by atoms with E-state index in [-0.39, 0.29) is 17.0 Å². The second-order valence-electron chi connectivity index (χ2n) is 4.78. The molecule has 90 valence electrons. The van der Waals surface area contributed by atoms with Crippen LogP contribution in [0.2, 0.25) is 0 Å². The number of hydrogen-bond donors (Lipinski definition) is 1. The average molecular weight is 233 g/mol. The molecule has 0 aliphatic heterocycles. The molecule has 0 bridgehead atoms. The topological polar surface area (TPSA) is 46.2 Å². The van der Waals surface area contributed by atoms with Crippen molar-refractivity contribution in [1.29, 1.82) is 0 Å². The Bertz CT molecular complexity index is 279. The Morgan fingerprint density at radius 3 is 2.33 bits per heavy atom. The van der Waals surface area contributed by atoms with Crippen LogP contribution in [-0.4, -0.2) is 32.0 Å². The van der Waals surface area contributed by atoms with E-state index in [2.05, 4.69) is 12.2 Å². The van der Waals surface area contributed by atoms with Gasteiger partial charge in [0.1, 0.15) is 0 Å². The molecular weight excluding hydrogens is 210 g/mol. The van der Waals surface area contributed by atoms with Gasteiger partial charge < -0.3 is 5.32 Å². The molecule has 1 aliphatic rings. The fourth-order valence-corrected chi connectivity index (χ4v) is 2.86. The third-order valence-corrected chi connectivity index (χ3v) is 5.07. The lowest BCUT2D eigenvalue weighted by atomic mass is 9.83. The molecule has 3 nitrogen and oxygen atoms in total. The van der Waals surface area contributed by atoms with Gasteiger partial charge in [-0.2, -0.15) is 0 Å². The van der Waals surface area contributed by atoms with Gasteiger partial charge in [0.15, 0.2) is 9.84 Å². The highest BCUT2D eigenvalue weighted by atomic mass is 32.2. The standard InChI is InChI=1S/C11H23NO2S/c1-3-15(13,14)10-9-12-11(2)7-5-4-6-8-11/h12H,3-10H2,1-2H3. The SMILES string of the molecule is CCS(=O)(=O)CCNC1(C)CCCCC1. The van der Waals surface area contributed by atoms with Crippen LogP contribution in [0, 0.1) is 0 Å². The monoisotopic (exact) mass is 233 g/mol. The van der Waals surface area contributed by atoms with Crippen molar-refractivity contribution in [3.8, 4) is 0 Å². The van der Waals surface area contributed by atoms with Gasteiger partial charge in [-0.15, -0.1) is 0 Å². The Morgan fingerprint density at radius 1 is 1.20 bits per heavy atom. The second kappa shape index (κ2) is 5.30.